The molecule has 0 aliphatic carbocycles. The lowest BCUT2D eigenvalue weighted by atomic mass is 10.2. The number of carbonyl (C=O) groups is 4. The molecule has 0 aromatic heterocycles. The molecule has 0 fully saturated rings. The quantitative estimate of drug-likeness (QED) is 0.0512. The fourth-order valence-corrected chi connectivity index (χ4v) is 2.93. The van der Waals surface area contributed by atoms with Crippen LogP contribution in [0.4, 0.5) is 0 Å². The van der Waals surface area contributed by atoms with Crippen LogP contribution in [0.3, 0.4) is 0 Å². The lowest BCUT2D eigenvalue weighted by Crippen LogP contribution is -2.17. The second-order valence-electron chi connectivity index (χ2n) is 8.91. The highest BCUT2D eigenvalue weighted by atomic mass is 16.6. The van der Waals surface area contributed by atoms with Crippen molar-refractivity contribution in [3.05, 3.63) is 0 Å². The maximum absolute atomic E-state index is 11.4. The first-order chi connectivity index (χ1) is 22.4. The highest BCUT2D eigenvalue weighted by Gasteiger charge is 2.14. The largest absolute Gasteiger partial charge is 0.476 e. The van der Waals surface area contributed by atoms with Gasteiger partial charge in [-0.05, 0) is 0 Å². The Morgan fingerprint density at radius 1 is 0.370 bits per heavy atom. The number of esters is 2. The van der Waals surface area contributed by atoms with E-state index in [1.54, 1.807) is 0 Å². The lowest BCUT2D eigenvalue weighted by Gasteiger charge is -2.09. The van der Waals surface area contributed by atoms with E-state index < -0.39 is 17.7 Å². The summed E-state index contributed by atoms with van der Waals surface area (Å²) in [6.07, 6.45) is -0.666. The number of rotatable bonds is 37. The number of ketones is 1. The fourth-order valence-electron chi connectivity index (χ4n) is 2.93. The molecule has 0 saturated carbocycles. The van der Waals surface area contributed by atoms with E-state index in [2.05, 4.69) is 0 Å². The molecule has 0 heterocycles. The van der Waals surface area contributed by atoms with Gasteiger partial charge in [0.15, 0.2) is 0 Å². The third-order valence-electron chi connectivity index (χ3n) is 5.17. The van der Waals surface area contributed by atoms with Crippen LogP contribution in [0, 0.1) is 0 Å². The second-order valence-corrected chi connectivity index (χ2v) is 8.91. The van der Waals surface area contributed by atoms with E-state index in [9.17, 15) is 19.2 Å². The Hall–Kier alpha value is -2.32. The Labute approximate surface area is 270 Å². The summed E-state index contributed by atoms with van der Waals surface area (Å²) in [5.74, 6) is -3.57. The standard InChI is InChI=1S/C29H52O17/c1-26(30)45-24-22-43-20-18-41-16-14-39-12-10-37-8-6-35-4-5-36-7-9-38-11-13-40-15-17-42-19-21-44-23-25-46-28(32)3-2-27(31)29(33)34/h2-25H2,1H3,(H,33,34). The van der Waals surface area contributed by atoms with Gasteiger partial charge < -0.3 is 61.9 Å². The summed E-state index contributed by atoms with van der Waals surface area (Å²) in [5, 5.41) is 8.43. The van der Waals surface area contributed by atoms with E-state index in [0.29, 0.717) is 126 Å². The van der Waals surface area contributed by atoms with Crippen LogP contribution in [-0.2, 0) is 76.0 Å². The number of hydrogen-bond donors (Lipinski definition) is 1. The minimum Gasteiger partial charge on any atom is -0.476 e. The second kappa shape index (κ2) is 35.5. The van der Waals surface area contributed by atoms with Crippen LogP contribution < -0.4 is 0 Å². The molecule has 0 unspecified atom stereocenters. The smallest absolute Gasteiger partial charge is 0.372 e. The third-order valence-corrected chi connectivity index (χ3v) is 5.17. The first-order valence-electron chi connectivity index (χ1n) is 15.3. The van der Waals surface area contributed by atoms with Crippen LogP contribution in [0.25, 0.3) is 0 Å². The Morgan fingerprint density at radius 3 is 0.848 bits per heavy atom. The number of carboxylic acids is 1. The molecule has 0 spiro atoms. The molecular formula is C29H52O17. The van der Waals surface area contributed by atoms with Crippen LogP contribution >= 0.6 is 0 Å². The van der Waals surface area contributed by atoms with Crippen molar-refractivity contribution < 1.29 is 81.1 Å². The zero-order valence-corrected chi connectivity index (χ0v) is 26.9. The van der Waals surface area contributed by atoms with Gasteiger partial charge in [0.05, 0.1) is 139 Å². The molecule has 270 valence electrons. The molecule has 17 heteroatoms. The molecule has 0 aromatic rings. The Kier molecular flexibility index (Phi) is 33.7. The van der Waals surface area contributed by atoms with Gasteiger partial charge in [0.25, 0.3) is 0 Å². The van der Waals surface area contributed by atoms with E-state index in [4.69, 9.17) is 61.9 Å². The van der Waals surface area contributed by atoms with Gasteiger partial charge in [-0.25, -0.2) is 4.79 Å². The maximum atomic E-state index is 11.4. The number of Topliss-reactive ketones (excluding diaryl/α,β-unsaturated/α-hetero) is 1. The highest BCUT2D eigenvalue weighted by Crippen LogP contribution is 1.95. The van der Waals surface area contributed by atoms with Crippen LogP contribution in [0.15, 0.2) is 0 Å². The number of aliphatic carboxylic acids is 1. The summed E-state index contributed by atoms with van der Waals surface area (Å²) >= 11 is 0. The normalized spacial score (nSPS) is 11.1. The van der Waals surface area contributed by atoms with Crippen molar-refractivity contribution in [2.45, 2.75) is 19.8 Å². The average molecular weight is 673 g/mol. The van der Waals surface area contributed by atoms with Crippen molar-refractivity contribution in [3.8, 4) is 0 Å². The van der Waals surface area contributed by atoms with Gasteiger partial charge in [-0.2, -0.15) is 0 Å². The van der Waals surface area contributed by atoms with Crippen LogP contribution in [0.5, 0.6) is 0 Å². The van der Waals surface area contributed by atoms with Gasteiger partial charge in [0.1, 0.15) is 13.2 Å². The molecule has 17 nitrogen and oxygen atoms in total. The predicted molar refractivity (Wildman–Crippen MR) is 158 cm³/mol. The van der Waals surface area contributed by atoms with Gasteiger partial charge in [-0.3, -0.25) is 14.4 Å². The summed E-state index contributed by atoms with van der Waals surface area (Å²) in [4.78, 5) is 43.2. The maximum Gasteiger partial charge on any atom is 0.372 e. The summed E-state index contributed by atoms with van der Waals surface area (Å²) in [7, 11) is 0. The van der Waals surface area contributed by atoms with Crippen molar-refractivity contribution in [1.29, 1.82) is 0 Å². The lowest BCUT2D eigenvalue weighted by molar-refractivity contribution is -0.151. The van der Waals surface area contributed by atoms with Crippen molar-refractivity contribution in [2.24, 2.45) is 0 Å². The Bertz CT molecular complexity index is 737. The monoisotopic (exact) mass is 672 g/mol. The minimum atomic E-state index is -1.57. The molecular weight excluding hydrogens is 620 g/mol. The van der Waals surface area contributed by atoms with Gasteiger partial charge in [0.2, 0.25) is 5.78 Å². The number of ether oxygens (including phenoxy) is 12. The number of carboxylic acid groups (broad SMARTS) is 1. The molecule has 0 rings (SSSR count). The molecule has 0 atom stereocenters. The minimum absolute atomic E-state index is 0.00993. The van der Waals surface area contributed by atoms with E-state index in [-0.39, 0.29) is 38.6 Å². The molecule has 0 saturated heterocycles. The van der Waals surface area contributed by atoms with Crippen LogP contribution in [0.2, 0.25) is 0 Å². The van der Waals surface area contributed by atoms with Gasteiger partial charge in [-0.1, -0.05) is 0 Å². The number of hydrogen-bond acceptors (Lipinski definition) is 16. The molecule has 0 aromatic carbocycles. The van der Waals surface area contributed by atoms with Crippen molar-refractivity contribution in [2.75, 3.05) is 145 Å². The van der Waals surface area contributed by atoms with Crippen molar-refractivity contribution in [1.82, 2.24) is 0 Å². The zero-order valence-electron chi connectivity index (χ0n) is 26.9. The van der Waals surface area contributed by atoms with Crippen LogP contribution in [-0.4, -0.2) is 174 Å². The fraction of sp³-hybridized carbons (Fsp3) is 0.862. The molecule has 46 heavy (non-hydrogen) atoms. The summed E-state index contributed by atoms with van der Waals surface area (Å²) in [5.41, 5.74) is 0. The Morgan fingerprint density at radius 2 is 0.609 bits per heavy atom. The van der Waals surface area contributed by atoms with E-state index in [0.717, 1.165) is 0 Å². The molecule has 0 amide bonds. The average Bonchev–Trinajstić information content (AvgIpc) is 3.03. The third kappa shape index (κ3) is 36.2. The van der Waals surface area contributed by atoms with Crippen LogP contribution in [0.1, 0.15) is 19.8 Å². The van der Waals surface area contributed by atoms with E-state index >= 15 is 0 Å². The van der Waals surface area contributed by atoms with Crippen molar-refractivity contribution >= 4 is 23.7 Å². The first kappa shape index (κ1) is 43.7. The topological polar surface area (TPSA) is 199 Å². The summed E-state index contributed by atoms with van der Waals surface area (Å²) < 4.78 is 63.3. The van der Waals surface area contributed by atoms with E-state index in [1.165, 1.54) is 6.92 Å². The Balaban J connectivity index is 3.12. The summed E-state index contributed by atoms with van der Waals surface area (Å²) in [6.45, 7) is 9.98. The summed E-state index contributed by atoms with van der Waals surface area (Å²) in [6, 6.07) is 0. The predicted octanol–water partition coefficient (Wildman–Crippen LogP) is -0.307. The highest BCUT2D eigenvalue weighted by molar-refractivity contribution is 6.32. The van der Waals surface area contributed by atoms with Gasteiger partial charge in [-0.15, -0.1) is 0 Å². The number of carbonyl (C=O) groups excluding carboxylic acids is 3. The molecule has 0 radical (unpaired) electrons. The molecule has 1 N–H and O–H groups in total. The van der Waals surface area contributed by atoms with Gasteiger partial charge in [0, 0.05) is 13.3 Å². The molecule has 0 aliphatic rings. The zero-order chi connectivity index (χ0) is 33.8. The first-order valence-corrected chi connectivity index (χ1v) is 15.3. The molecule has 0 aliphatic heterocycles. The molecule has 0 bridgehead atoms. The SMILES string of the molecule is CC(=O)OCCOCCOCCOCCOCCOCCOCCOCCOCCOCCOCCOC(=O)CCC(=O)C(=O)O. The van der Waals surface area contributed by atoms with E-state index in [1.807, 2.05) is 0 Å². The van der Waals surface area contributed by atoms with Crippen molar-refractivity contribution in [3.63, 3.8) is 0 Å². The van der Waals surface area contributed by atoms with Gasteiger partial charge >= 0.3 is 17.9 Å².